The molecule has 2 aromatic carbocycles. The van der Waals surface area contributed by atoms with Gasteiger partial charge in [0.05, 0.1) is 5.75 Å². The molecule has 0 fully saturated rings. The Morgan fingerprint density at radius 3 is 2.32 bits per heavy atom. The molecule has 0 saturated carbocycles. The third-order valence-electron chi connectivity index (χ3n) is 3.59. The van der Waals surface area contributed by atoms with E-state index in [9.17, 15) is 4.79 Å². The maximum atomic E-state index is 12.2. The van der Waals surface area contributed by atoms with Crippen molar-refractivity contribution in [2.75, 3.05) is 11.1 Å². The molecule has 0 aromatic heterocycles. The van der Waals surface area contributed by atoms with Gasteiger partial charge in [-0.1, -0.05) is 62.4 Å². The first-order valence-corrected chi connectivity index (χ1v) is 8.68. The molecule has 0 aliphatic carbocycles. The smallest absolute Gasteiger partial charge is 0.234 e. The van der Waals surface area contributed by atoms with E-state index in [1.807, 2.05) is 36.4 Å². The average molecular weight is 313 g/mol. The minimum Gasteiger partial charge on any atom is -0.325 e. The van der Waals surface area contributed by atoms with E-state index in [0.29, 0.717) is 16.9 Å². The Hall–Kier alpha value is -1.74. The standard InChI is InChI=1S/C19H23NOS/c1-14(2)17-11-7-8-12-18(17)20-19(21)13-22-15(3)16-9-5-4-6-10-16/h4-12,14-15H,13H2,1-3H3,(H,20,21)/t15-/m0/s1. The van der Waals surface area contributed by atoms with Gasteiger partial charge in [-0.25, -0.2) is 0 Å². The number of hydrogen-bond donors (Lipinski definition) is 1. The summed E-state index contributed by atoms with van der Waals surface area (Å²) >= 11 is 1.66. The van der Waals surface area contributed by atoms with Crippen molar-refractivity contribution in [3.8, 4) is 0 Å². The quantitative estimate of drug-likeness (QED) is 0.790. The topological polar surface area (TPSA) is 29.1 Å². The fraction of sp³-hybridized carbons (Fsp3) is 0.316. The number of benzene rings is 2. The van der Waals surface area contributed by atoms with E-state index in [4.69, 9.17) is 0 Å². The highest BCUT2D eigenvalue weighted by Crippen LogP contribution is 2.28. The van der Waals surface area contributed by atoms with Gasteiger partial charge in [0.15, 0.2) is 0 Å². The summed E-state index contributed by atoms with van der Waals surface area (Å²) in [6.07, 6.45) is 0. The van der Waals surface area contributed by atoms with E-state index in [0.717, 1.165) is 5.69 Å². The highest BCUT2D eigenvalue weighted by molar-refractivity contribution is 8.00. The van der Waals surface area contributed by atoms with Crippen LogP contribution in [0.2, 0.25) is 0 Å². The van der Waals surface area contributed by atoms with E-state index in [-0.39, 0.29) is 5.91 Å². The summed E-state index contributed by atoms with van der Waals surface area (Å²) in [6.45, 7) is 6.41. The van der Waals surface area contributed by atoms with Crippen LogP contribution in [0.4, 0.5) is 5.69 Å². The first kappa shape index (κ1) is 16.6. The van der Waals surface area contributed by atoms with Crippen molar-refractivity contribution in [2.24, 2.45) is 0 Å². The van der Waals surface area contributed by atoms with Crippen molar-refractivity contribution in [3.63, 3.8) is 0 Å². The zero-order chi connectivity index (χ0) is 15.9. The summed E-state index contributed by atoms with van der Waals surface area (Å²) in [5.41, 5.74) is 3.36. The first-order chi connectivity index (χ1) is 10.6. The van der Waals surface area contributed by atoms with Crippen molar-refractivity contribution in [1.82, 2.24) is 0 Å². The van der Waals surface area contributed by atoms with Crippen molar-refractivity contribution in [1.29, 1.82) is 0 Å². The van der Waals surface area contributed by atoms with Gasteiger partial charge in [-0.15, -0.1) is 11.8 Å². The summed E-state index contributed by atoms with van der Waals surface area (Å²) in [5, 5.41) is 3.35. The number of carbonyl (C=O) groups excluding carboxylic acids is 1. The van der Waals surface area contributed by atoms with Crippen molar-refractivity contribution in [2.45, 2.75) is 31.9 Å². The van der Waals surface area contributed by atoms with Crippen LogP contribution in [-0.2, 0) is 4.79 Å². The molecule has 0 heterocycles. The van der Waals surface area contributed by atoms with Gasteiger partial charge in [-0.2, -0.15) is 0 Å². The lowest BCUT2D eigenvalue weighted by Gasteiger charge is -2.15. The second kappa shape index (κ2) is 8.04. The lowest BCUT2D eigenvalue weighted by Crippen LogP contribution is -2.16. The molecule has 0 spiro atoms. The number of carbonyl (C=O) groups is 1. The summed E-state index contributed by atoms with van der Waals surface area (Å²) < 4.78 is 0. The maximum Gasteiger partial charge on any atom is 0.234 e. The molecule has 0 radical (unpaired) electrons. The predicted octanol–water partition coefficient (Wildman–Crippen LogP) is 5.24. The molecule has 0 aliphatic rings. The number of anilines is 1. The van der Waals surface area contributed by atoms with Crippen molar-refractivity contribution in [3.05, 3.63) is 65.7 Å². The SMILES string of the molecule is CC(C)c1ccccc1NC(=O)CS[C@@H](C)c1ccccc1. The summed E-state index contributed by atoms with van der Waals surface area (Å²) in [6, 6.07) is 18.3. The Labute approximate surface area is 137 Å². The Morgan fingerprint density at radius 2 is 1.64 bits per heavy atom. The third-order valence-corrected chi connectivity index (χ3v) is 4.79. The van der Waals surface area contributed by atoms with Crippen LogP contribution < -0.4 is 5.32 Å². The summed E-state index contributed by atoms with van der Waals surface area (Å²) in [4.78, 5) is 12.2. The van der Waals surface area contributed by atoms with Gasteiger partial charge >= 0.3 is 0 Å². The molecule has 0 bridgehead atoms. The average Bonchev–Trinajstić information content (AvgIpc) is 2.53. The second-order valence-corrected chi connectivity index (χ2v) is 6.98. The Balaban J connectivity index is 1.91. The largest absolute Gasteiger partial charge is 0.325 e. The van der Waals surface area contributed by atoms with Crippen LogP contribution in [0.5, 0.6) is 0 Å². The second-order valence-electron chi connectivity index (χ2n) is 5.65. The van der Waals surface area contributed by atoms with Gasteiger partial charge in [0.2, 0.25) is 5.91 Å². The van der Waals surface area contributed by atoms with Gasteiger partial charge in [-0.3, -0.25) is 4.79 Å². The minimum absolute atomic E-state index is 0.0564. The zero-order valence-electron chi connectivity index (χ0n) is 13.4. The van der Waals surface area contributed by atoms with Crippen LogP contribution in [0.1, 0.15) is 43.1 Å². The van der Waals surface area contributed by atoms with Crippen LogP contribution in [0, 0.1) is 0 Å². The molecule has 0 aliphatic heterocycles. The van der Waals surface area contributed by atoms with E-state index in [1.165, 1.54) is 11.1 Å². The summed E-state index contributed by atoms with van der Waals surface area (Å²) in [7, 11) is 0. The molecule has 22 heavy (non-hydrogen) atoms. The van der Waals surface area contributed by atoms with E-state index < -0.39 is 0 Å². The lowest BCUT2D eigenvalue weighted by molar-refractivity contribution is -0.113. The number of nitrogens with one attached hydrogen (secondary N) is 1. The maximum absolute atomic E-state index is 12.2. The molecule has 116 valence electrons. The molecular formula is C19H23NOS. The molecular weight excluding hydrogens is 290 g/mol. The van der Waals surface area contributed by atoms with Crippen LogP contribution in [0.25, 0.3) is 0 Å². The normalized spacial score (nSPS) is 12.2. The van der Waals surface area contributed by atoms with Crippen molar-refractivity contribution < 1.29 is 4.79 Å². The van der Waals surface area contributed by atoms with Crippen molar-refractivity contribution >= 4 is 23.4 Å². The van der Waals surface area contributed by atoms with E-state index in [1.54, 1.807) is 11.8 Å². The molecule has 2 aromatic rings. The molecule has 2 rings (SSSR count). The minimum atomic E-state index is 0.0564. The lowest BCUT2D eigenvalue weighted by atomic mass is 10.0. The van der Waals surface area contributed by atoms with Gasteiger partial charge < -0.3 is 5.32 Å². The molecule has 1 amide bonds. The number of rotatable bonds is 6. The van der Waals surface area contributed by atoms with Gasteiger partial charge in [0, 0.05) is 10.9 Å². The number of para-hydroxylation sites is 1. The first-order valence-electron chi connectivity index (χ1n) is 7.63. The molecule has 1 atom stereocenters. The Morgan fingerprint density at radius 1 is 1.00 bits per heavy atom. The Kier molecular flexibility index (Phi) is 6.08. The molecule has 1 N–H and O–H groups in total. The number of thioether (sulfide) groups is 1. The predicted molar refractivity (Wildman–Crippen MR) is 96.5 cm³/mol. The third kappa shape index (κ3) is 4.63. The van der Waals surface area contributed by atoms with Crippen LogP contribution in [-0.4, -0.2) is 11.7 Å². The molecule has 0 unspecified atom stereocenters. The summed E-state index contributed by atoms with van der Waals surface area (Å²) in [5.74, 6) is 0.913. The van der Waals surface area contributed by atoms with Gasteiger partial charge in [-0.05, 0) is 30.0 Å². The highest BCUT2D eigenvalue weighted by atomic mass is 32.2. The van der Waals surface area contributed by atoms with Crippen LogP contribution in [0.3, 0.4) is 0 Å². The number of amides is 1. The zero-order valence-corrected chi connectivity index (χ0v) is 14.2. The van der Waals surface area contributed by atoms with Crippen LogP contribution >= 0.6 is 11.8 Å². The number of hydrogen-bond acceptors (Lipinski definition) is 2. The monoisotopic (exact) mass is 313 g/mol. The van der Waals surface area contributed by atoms with E-state index >= 15 is 0 Å². The fourth-order valence-corrected chi connectivity index (χ4v) is 3.14. The van der Waals surface area contributed by atoms with E-state index in [2.05, 4.69) is 44.3 Å². The molecule has 2 nitrogen and oxygen atoms in total. The van der Waals surface area contributed by atoms with Crippen LogP contribution in [0.15, 0.2) is 54.6 Å². The van der Waals surface area contributed by atoms with Gasteiger partial charge in [0.1, 0.15) is 0 Å². The molecule has 0 saturated heterocycles. The fourth-order valence-electron chi connectivity index (χ4n) is 2.32. The van der Waals surface area contributed by atoms with Gasteiger partial charge in [0.25, 0.3) is 0 Å². The Bertz CT molecular complexity index is 610. The molecule has 3 heteroatoms. The highest BCUT2D eigenvalue weighted by Gasteiger charge is 2.11.